The van der Waals surface area contributed by atoms with Crippen molar-refractivity contribution in [2.24, 2.45) is 5.41 Å². The zero-order chi connectivity index (χ0) is 8.70. The Balaban J connectivity index is 2.67. The lowest BCUT2D eigenvalue weighted by molar-refractivity contribution is 0.0508. The number of rotatable bonds is 0. The summed E-state index contributed by atoms with van der Waals surface area (Å²) in [6.45, 7) is 9.23. The van der Waals surface area contributed by atoms with E-state index in [9.17, 15) is 5.21 Å². The predicted octanol–water partition coefficient (Wildman–Crippen LogP) is 2.38. The van der Waals surface area contributed by atoms with Gasteiger partial charge in [0.2, 0.25) is 0 Å². The fraction of sp³-hybridized carbons (Fsp3) is 1.00. The van der Waals surface area contributed by atoms with Crippen LogP contribution in [0.3, 0.4) is 0 Å². The third-order valence-corrected chi connectivity index (χ3v) is 2.58. The molecule has 0 bridgehead atoms. The molecule has 66 valence electrons. The van der Waals surface area contributed by atoms with Crippen LogP contribution >= 0.6 is 0 Å². The minimum atomic E-state index is -0.151. The first kappa shape index (κ1) is 9.01. The Morgan fingerprint density at radius 2 is 1.73 bits per heavy atom. The molecule has 1 rings (SSSR count). The molecule has 0 aromatic carbocycles. The maximum absolute atomic E-state index is 11.3. The first-order chi connectivity index (χ1) is 4.83. The van der Waals surface area contributed by atoms with Gasteiger partial charge in [0.25, 0.3) is 0 Å². The van der Waals surface area contributed by atoms with E-state index in [1.807, 2.05) is 13.8 Å². The summed E-state index contributed by atoms with van der Waals surface area (Å²) < 4.78 is 0. The molecular weight excluding hydrogens is 138 g/mol. The fourth-order valence-corrected chi connectivity index (χ4v) is 2.05. The number of hydrogen-bond donors (Lipinski definition) is 0. The first-order valence-electron chi connectivity index (χ1n) is 4.28. The number of hydroxylamine groups is 2. The van der Waals surface area contributed by atoms with Crippen molar-refractivity contribution < 1.29 is 0 Å². The third kappa shape index (κ3) is 1.94. The lowest BCUT2D eigenvalue weighted by atomic mass is 9.74. The highest BCUT2D eigenvalue weighted by atomic mass is 16.5. The summed E-state index contributed by atoms with van der Waals surface area (Å²) in [5, 5.41) is 12.5. The van der Waals surface area contributed by atoms with Crippen molar-refractivity contribution in [1.29, 1.82) is 0 Å². The lowest BCUT2D eigenvalue weighted by Crippen LogP contribution is -2.49. The van der Waals surface area contributed by atoms with E-state index in [1.54, 1.807) is 0 Å². The Morgan fingerprint density at radius 1 is 1.18 bits per heavy atom. The van der Waals surface area contributed by atoms with Gasteiger partial charge in [-0.3, -0.25) is 0 Å². The molecule has 0 atom stereocenters. The zero-order valence-corrected chi connectivity index (χ0v) is 7.98. The molecule has 1 heterocycles. The maximum Gasteiger partial charge on any atom is 0.00381 e. The van der Waals surface area contributed by atoms with Crippen LogP contribution in [0.4, 0.5) is 0 Å². The molecule has 0 radical (unpaired) electrons. The Bertz CT molecular complexity index is 152. The van der Waals surface area contributed by atoms with Crippen LogP contribution in [0.15, 0.2) is 0 Å². The average molecular weight is 156 g/mol. The molecule has 0 saturated carbocycles. The van der Waals surface area contributed by atoms with Gasteiger partial charge in [0.1, 0.15) is 0 Å². The maximum atomic E-state index is 11.3. The van der Waals surface area contributed by atoms with E-state index >= 15 is 0 Å². The molecule has 1 aliphatic heterocycles. The van der Waals surface area contributed by atoms with Gasteiger partial charge in [-0.25, -0.2) is 0 Å². The molecule has 0 aromatic rings. The molecular formula is C9H18NO-. The van der Waals surface area contributed by atoms with Crippen molar-refractivity contribution in [1.82, 2.24) is 5.06 Å². The molecule has 0 amide bonds. The van der Waals surface area contributed by atoms with Gasteiger partial charge in [0.15, 0.2) is 0 Å². The van der Waals surface area contributed by atoms with E-state index in [1.165, 1.54) is 5.06 Å². The quantitative estimate of drug-likeness (QED) is 0.538. The monoisotopic (exact) mass is 156 g/mol. The van der Waals surface area contributed by atoms with Crippen molar-refractivity contribution in [3.63, 3.8) is 0 Å². The van der Waals surface area contributed by atoms with Crippen LogP contribution in [0.25, 0.3) is 0 Å². The Kier molecular flexibility index (Phi) is 2.01. The summed E-state index contributed by atoms with van der Waals surface area (Å²) in [5.74, 6) is 0. The van der Waals surface area contributed by atoms with E-state index in [4.69, 9.17) is 0 Å². The van der Waals surface area contributed by atoms with E-state index in [0.717, 1.165) is 12.8 Å². The average Bonchev–Trinajstić information content (AvgIpc) is 1.77. The highest BCUT2D eigenvalue weighted by Gasteiger charge is 2.34. The minimum absolute atomic E-state index is 0.151. The smallest absolute Gasteiger partial charge is 0.00381 e. The normalized spacial score (nSPS) is 30.3. The predicted molar refractivity (Wildman–Crippen MR) is 47.2 cm³/mol. The standard InChI is InChI=1S/C9H18NO/c1-8(2)5-6-10(11)9(3,4)7-8/h5-7H2,1-4H3/q-1. The second kappa shape index (κ2) is 2.46. The Hall–Kier alpha value is -0.0800. The summed E-state index contributed by atoms with van der Waals surface area (Å²) in [4.78, 5) is 0. The van der Waals surface area contributed by atoms with Crippen molar-refractivity contribution >= 4 is 0 Å². The molecule has 1 fully saturated rings. The van der Waals surface area contributed by atoms with E-state index in [2.05, 4.69) is 13.8 Å². The van der Waals surface area contributed by atoms with Gasteiger partial charge in [0, 0.05) is 5.54 Å². The Labute approximate surface area is 69.2 Å². The van der Waals surface area contributed by atoms with Gasteiger partial charge in [-0.1, -0.05) is 13.8 Å². The van der Waals surface area contributed by atoms with Crippen LogP contribution in [0.5, 0.6) is 0 Å². The molecule has 0 N–H and O–H groups in total. The van der Waals surface area contributed by atoms with Gasteiger partial charge < -0.3 is 10.3 Å². The van der Waals surface area contributed by atoms with E-state index < -0.39 is 0 Å². The third-order valence-electron chi connectivity index (χ3n) is 2.58. The van der Waals surface area contributed by atoms with Gasteiger partial charge in [-0.05, 0) is 38.6 Å². The largest absolute Gasteiger partial charge is 0.785 e. The molecule has 0 aliphatic carbocycles. The van der Waals surface area contributed by atoms with Crippen LogP contribution in [-0.4, -0.2) is 17.1 Å². The summed E-state index contributed by atoms with van der Waals surface area (Å²) >= 11 is 0. The Morgan fingerprint density at radius 3 is 2.09 bits per heavy atom. The highest BCUT2D eigenvalue weighted by molar-refractivity contribution is 4.93. The summed E-state index contributed by atoms with van der Waals surface area (Å²) in [6, 6.07) is 0. The van der Waals surface area contributed by atoms with Gasteiger partial charge in [-0.15, -0.1) is 0 Å². The fourth-order valence-electron chi connectivity index (χ4n) is 2.05. The lowest BCUT2D eigenvalue weighted by Gasteiger charge is -2.53. The topological polar surface area (TPSA) is 26.3 Å². The molecule has 0 aromatic heterocycles. The van der Waals surface area contributed by atoms with Crippen LogP contribution < -0.4 is 0 Å². The highest BCUT2D eigenvalue weighted by Crippen LogP contribution is 2.38. The molecule has 0 spiro atoms. The summed E-state index contributed by atoms with van der Waals surface area (Å²) in [6.07, 6.45) is 2.03. The summed E-state index contributed by atoms with van der Waals surface area (Å²) in [5.41, 5.74) is 0.201. The van der Waals surface area contributed by atoms with Crippen LogP contribution in [0.1, 0.15) is 40.5 Å². The van der Waals surface area contributed by atoms with Crippen LogP contribution in [-0.2, 0) is 0 Å². The summed E-state index contributed by atoms with van der Waals surface area (Å²) in [7, 11) is 0. The van der Waals surface area contributed by atoms with Crippen LogP contribution in [0.2, 0.25) is 0 Å². The van der Waals surface area contributed by atoms with Gasteiger partial charge in [-0.2, -0.15) is 0 Å². The molecule has 11 heavy (non-hydrogen) atoms. The van der Waals surface area contributed by atoms with Crippen molar-refractivity contribution in [3.05, 3.63) is 5.21 Å². The van der Waals surface area contributed by atoms with E-state index in [-0.39, 0.29) is 5.54 Å². The van der Waals surface area contributed by atoms with E-state index in [0.29, 0.717) is 12.0 Å². The molecule has 0 unspecified atom stereocenters. The van der Waals surface area contributed by atoms with Crippen LogP contribution in [0, 0.1) is 10.6 Å². The van der Waals surface area contributed by atoms with Gasteiger partial charge in [0.05, 0.1) is 0 Å². The number of nitrogens with zero attached hydrogens (tertiary/aromatic N) is 1. The minimum Gasteiger partial charge on any atom is -0.785 e. The molecule has 2 nitrogen and oxygen atoms in total. The molecule has 1 saturated heterocycles. The number of hydrogen-bond acceptors (Lipinski definition) is 2. The molecule has 1 aliphatic rings. The SMILES string of the molecule is CC1(C)CCN([O-])C(C)(C)C1. The van der Waals surface area contributed by atoms with Gasteiger partial charge >= 0.3 is 0 Å². The second-order valence-electron chi connectivity index (χ2n) is 5.01. The van der Waals surface area contributed by atoms with Crippen molar-refractivity contribution in [2.75, 3.05) is 6.54 Å². The second-order valence-corrected chi connectivity index (χ2v) is 5.01. The number of piperidine rings is 1. The zero-order valence-electron chi connectivity index (χ0n) is 7.98. The first-order valence-corrected chi connectivity index (χ1v) is 4.28. The van der Waals surface area contributed by atoms with Crippen molar-refractivity contribution in [2.45, 2.75) is 46.1 Å². The molecule has 2 heteroatoms. The van der Waals surface area contributed by atoms with Crippen molar-refractivity contribution in [3.8, 4) is 0 Å².